The number of methoxy groups -OCH3 is 1. The van der Waals surface area contributed by atoms with E-state index in [2.05, 4.69) is 10.6 Å². The first kappa shape index (κ1) is 20.8. The van der Waals surface area contributed by atoms with Crippen LogP contribution in [0.2, 0.25) is 0 Å². The Kier molecular flexibility index (Phi) is 6.95. The third-order valence-electron chi connectivity index (χ3n) is 4.53. The molecule has 3 rings (SSSR count). The van der Waals surface area contributed by atoms with E-state index in [9.17, 15) is 14.4 Å². The lowest BCUT2D eigenvalue weighted by Gasteiger charge is -2.08. The van der Waals surface area contributed by atoms with Crippen molar-refractivity contribution in [3.05, 3.63) is 101 Å². The van der Waals surface area contributed by atoms with Gasteiger partial charge in [0.25, 0.3) is 5.91 Å². The van der Waals surface area contributed by atoms with Crippen molar-refractivity contribution >= 4 is 17.7 Å². The molecule has 0 spiro atoms. The van der Waals surface area contributed by atoms with Crippen molar-refractivity contribution in [2.45, 2.75) is 6.42 Å². The summed E-state index contributed by atoms with van der Waals surface area (Å²) in [7, 11) is 1.60. The van der Waals surface area contributed by atoms with E-state index in [0.717, 1.165) is 11.3 Å². The van der Waals surface area contributed by atoms with E-state index in [0.29, 0.717) is 29.7 Å². The SMILES string of the molecule is COc1ccc(CCNC(=O)NC(=O)c2ccc(C(=O)c3ccccc3)cc2)cc1. The molecule has 0 heterocycles. The summed E-state index contributed by atoms with van der Waals surface area (Å²) in [5.74, 6) is 0.112. The van der Waals surface area contributed by atoms with E-state index >= 15 is 0 Å². The van der Waals surface area contributed by atoms with Gasteiger partial charge in [0.2, 0.25) is 0 Å². The largest absolute Gasteiger partial charge is 0.497 e. The van der Waals surface area contributed by atoms with Gasteiger partial charge in [-0.2, -0.15) is 0 Å². The highest BCUT2D eigenvalue weighted by Crippen LogP contribution is 2.12. The standard InChI is InChI=1S/C24H22N2O4/c1-30-21-13-7-17(8-14-21)15-16-25-24(29)26-23(28)20-11-9-19(10-12-20)22(27)18-5-3-2-4-6-18/h2-14H,15-16H2,1H3,(H2,25,26,28,29). The van der Waals surface area contributed by atoms with Gasteiger partial charge < -0.3 is 10.1 Å². The predicted molar refractivity (Wildman–Crippen MR) is 114 cm³/mol. The van der Waals surface area contributed by atoms with Crippen LogP contribution in [0.25, 0.3) is 0 Å². The highest BCUT2D eigenvalue weighted by Gasteiger charge is 2.12. The van der Waals surface area contributed by atoms with Gasteiger partial charge in [-0.05, 0) is 36.2 Å². The fourth-order valence-electron chi connectivity index (χ4n) is 2.86. The first-order valence-corrected chi connectivity index (χ1v) is 9.49. The molecule has 6 nitrogen and oxygen atoms in total. The number of urea groups is 1. The summed E-state index contributed by atoms with van der Waals surface area (Å²) in [5, 5.41) is 4.94. The number of carbonyl (C=O) groups excluding carboxylic acids is 3. The van der Waals surface area contributed by atoms with Gasteiger partial charge >= 0.3 is 6.03 Å². The second kappa shape index (κ2) is 10.0. The van der Waals surface area contributed by atoms with Crippen LogP contribution in [0.5, 0.6) is 5.75 Å². The highest BCUT2D eigenvalue weighted by molar-refractivity contribution is 6.10. The number of nitrogens with one attached hydrogen (secondary N) is 2. The first-order valence-electron chi connectivity index (χ1n) is 9.49. The van der Waals surface area contributed by atoms with E-state index in [1.54, 1.807) is 43.5 Å². The fraction of sp³-hybridized carbons (Fsp3) is 0.125. The van der Waals surface area contributed by atoms with Crippen molar-refractivity contribution in [2.75, 3.05) is 13.7 Å². The van der Waals surface area contributed by atoms with Gasteiger partial charge in [0, 0.05) is 23.2 Å². The van der Waals surface area contributed by atoms with Crippen LogP contribution in [-0.4, -0.2) is 31.4 Å². The molecule has 0 aliphatic heterocycles. The van der Waals surface area contributed by atoms with Crippen LogP contribution in [-0.2, 0) is 6.42 Å². The summed E-state index contributed by atoms with van der Waals surface area (Å²) >= 11 is 0. The average molecular weight is 402 g/mol. The third-order valence-corrected chi connectivity index (χ3v) is 4.53. The molecule has 6 heteroatoms. The summed E-state index contributed by atoms with van der Waals surface area (Å²) in [6.07, 6.45) is 0.627. The number of ether oxygens (including phenoxy) is 1. The minimum atomic E-state index is -0.571. The van der Waals surface area contributed by atoms with Gasteiger partial charge in [-0.15, -0.1) is 0 Å². The van der Waals surface area contributed by atoms with Crippen LogP contribution in [0, 0.1) is 0 Å². The molecular formula is C24H22N2O4. The van der Waals surface area contributed by atoms with E-state index < -0.39 is 11.9 Å². The summed E-state index contributed by atoms with van der Waals surface area (Å²) in [4.78, 5) is 36.6. The zero-order chi connectivity index (χ0) is 21.3. The van der Waals surface area contributed by atoms with Gasteiger partial charge in [-0.1, -0.05) is 54.6 Å². The Morgan fingerprint density at radius 2 is 1.37 bits per heavy atom. The van der Waals surface area contributed by atoms with Crippen LogP contribution < -0.4 is 15.4 Å². The first-order chi connectivity index (χ1) is 14.6. The number of carbonyl (C=O) groups is 3. The van der Waals surface area contributed by atoms with Crippen LogP contribution in [0.4, 0.5) is 4.79 Å². The van der Waals surface area contributed by atoms with Crippen LogP contribution in [0.15, 0.2) is 78.9 Å². The minimum Gasteiger partial charge on any atom is -0.497 e. The summed E-state index contributed by atoms with van der Waals surface area (Å²) in [5.41, 5.74) is 2.39. The Balaban J connectivity index is 1.48. The Morgan fingerprint density at radius 1 is 0.767 bits per heavy atom. The Labute approximate surface area is 174 Å². The summed E-state index contributed by atoms with van der Waals surface area (Å²) in [6, 6.07) is 22.1. The Bertz CT molecular complexity index is 1010. The molecule has 0 aromatic heterocycles. The van der Waals surface area contributed by atoms with E-state index in [1.165, 1.54) is 12.1 Å². The van der Waals surface area contributed by atoms with Crippen LogP contribution in [0.1, 0.15) is 31.8 Å². The van der Waals surface area contributed by atoms with Crippen molar-refractivity contribution in [3.8, 4) is 5.75 Å². The maximum Gasteiger partial charge on any atom is 0.321 e. The van der Waals surface area contributed by atoms with E-state index in [1.807, 2.05) is 30.3 Å². The number of hydrogen-bond donors (Lipinski definition) is 2. The molecular weight excluding hydrogens is 380 g/mol. The monoisotopic (exact) mass is 402 g/mol. The predicted octanol–water partition coefficient (Wildman–Crippen LogP) is 3.61. The number of benzene rings is 3. The quantitative estimate of drug-likeness (QED) is 0.592. The van der Waals surface area contributed by atoms with Crippen molar-refractivity contribution < 1.29 is 19.1 Å². The molecule has 2 N–H and O–H groups in total. The average Bonchev–Trinajstić information content (AvgIpc) is 2.79. The maximum absolute atomic E-state index is 12.4. The molecule has 3 amide bonds. The number of hydrogen-bond acceptors (Lipinski definition) is 4. The van der Waals surface area contributed by atoms with E-state index in [4.69, 9.17) is 4.74 Å². The molecule has 3 aromatic carbocycles. The van der Waals surface area contributed by atoms with Crippen molar-refractivity contribution in [2.24, 2.45) is 0 Å². The molecule has 3 aromatic rings. The van der Waals surface area contributed by atoms with Crippen LogP contribution >= 0.6 is 0 Å². The molecule has 0 atom stereocenters. The molecule has 0 bridgehead atoms. The molecule has 30 heavy (non-hydrogen) atoms. The Hall–Kier alpha value is -3.93. The smallest absolute Gasteiger partial charge is 0.321 e. The van der Waals surface area contributed by atoms with Crippen molar-refractivity contribution in [1.82, 2.24) is 10.6 Å². The molecule has 0 saturated carbocycles. The summed E-state index contributed by atoms with van der Waals surface area (Å²) in [6.45, 7) is 0.385. The molecule has 0 aliphatic rings. The molecule has 0 aliphatic carbocycles. The van der Waals surface area contributed by atoms with Crippen molar-refractivity contribution in [1.29, 1.82) is 0 Å². The second-order valence-corrected chi connectivity index (χ2v) is 6.58. The summed E-state index contributed by atoms with van der Waals surface area (Å²) < 4.78 is 5.10. The molecule has 0 radical (unpaired) electrons. The zero-order valence-corrected chi connectivity index (χ0v) is 16.6. The van der Waals surface area contributed by atoms with Gasteiger partial charge in [0.1, 0.15) is 5.75 Å². The number of rotatable bonds is 7. The number of imide groups is 1. The molecule has 0 saturated heterocycles. The lowest BCUT2D eigenvalue weighted by molar-refractivity contribution is 0.0962. The molecule has 0 unspecified atom stereocenters. The number of ketones is 1. The highest BCUT2D eigenvalue weighted by atomic mass is 16.5. The van der Waals surface area contributed by atoms with Gasteiger partial charge in [0.15, 0.2) is 5.78 Å². The molecule has 152 valence electrons. The topological polar surface area (TPSA) is 84.5 Å². The zero-order valence-electron chi connectivity index (χ0n) is 16.6. The van der Waals surface area contributed by atoms with Gasteiger partial charge in [-0.25, -0.2) is 4.79 Å². The Morgan fingerprint density at radius 3 is 2.00 bits per heavy atom. The normalized spacial score (nSPS) is 10.2. The maximum atomic E-state index is 12.4. The van der Waals surface area contributed by atoms with Gasteiger partial charge in [-0.3, -0.25) is 14.9 Å². The lowest BCUT2D eigenvalue weighted by atomic mass is 10.0. The minimum absolute atomic E-state index is 0.126. The van der Waals surface area contributed by atoms with Gasteiger partial charge in [0.05, 0.1) is 7.11 Å². The molecule has 0 fully saturated rings. The fourth-order valence-corrected chi connectivity index (χ4v) is 2.86. The van der Waals surface area contributed by atoms with Crippen molar-refractivity contribution in [3.63, 3.8) is 0 Å². The lowest BCUT2D eigenvalue weighted by Crippen LogP contribution is -2.40. The van der Waals surface area contributed by atoms with E-state index in [-0.39, 0.29) is 5.78 Å². The second-order valence-electron chi connectivity index (χ2n) is 6.58. The van der Waals surface area contributed by atoms with Crippen LogP contribution in [0.3, 0.4) is 0 Å². The third kappa shape index (κ3) is 5.54. The number of amides is 3.